The van der Waals surface area contributed by atoms with E-state index in [1.165, 1.54) is 0 Å². The summed E-state index contributed by atoms with van der Waals surface area (Å²) in [6.45, 7) is 7.97. The van der Waals surface area contributed by atoms with Crippen LogP contribution in [0, 0.1) is 0 Å². The molecule has 0 spiro atoms. The van der Waals surface area contributed by atoms with Gasteiger partial charge in [-0.2, -0.15) is 0 Å². The minimum absolute atomic E-state index is 0.762. The van der Waals surface area contributed by atoms with E-state index < -0.39 is 0 Å². The van der Waals surface area contributed by atoms with Crippen LogP contribution in [0.2, 0.25) is 0 Å². The van der Waals surface area contributed by atoms with Gasteiger partial charge in [-0.05, 0) is 38.6 Å². The third-order valence-electron chi connectivity index (χ3n) is 4.31. The highest BCUT2D eigenvalue weighted by Gasteiger charge is 2.01. The maximum atomic E-state index is 5.09. The Morgan fingerprint density at radius 2 is 1.96 bits per heavy atom. The number of aromatic nitrogens is 1. The number of likely N-dealkylation sites (N-methyl/N-ethyl adjacent to an activating group) is 1. The summed E-state index contributed by atoms with van der Waals surface area (Å²) in [4.78, 5) is 11.6. The van der Waals surface area contributed by atoms with Gasteiger partial charge in [0.05, 0.1) is 12.1 Å². The normalized spacial score (nSPS) is 11.8. The number of guanidine groups is 1. The molecule has 0 saturated carbocycles. The zero-order valence-electron chi connectivity index (χ0n) is 17.4. The van der Waals surface area contributed by atoms with E-state index in [0.29, 0.717) is 0 Å². The van der Waals surface area contributed by atoms with E-state index in [0.717, 1.165) is 75.0 Å². The molecule has 0 atom stereocenters. The molecule has 0 unspecified atom stereocenters. The number of pyridine rings is 1. The second-order valence-electron chi connectivity index (χ2n) is 6.65. The van der Waals surface area contributed by atoms with Crippen LogP contribution in [0.3, 0.4) is 0 Å². The minimum atomic E-state index is 0.762. The fourth-order valence-corrected chi connectivity index (χ4v) is 2.80. The van der Waals surface area contributed by atoms with Crippen LogP contribution < -0.4 is 16.0 Å². The quantitative estimate of drug-likeness (QED) is 0.295. The molecule has 1 heterocycles. The molecule has 0 radical (unpaired) electrons. The average molecular weight is 387 g/mol. The van der Waals surface area contributed by atoms with Crippen molar-refractivity contribution in [3.8, 4) is 0 Å². The van der Waals surface area contributed by atoms with E-state index in [1.54, 1.807) is 7.11 Å². The van der Waals surface area contributed by atoms with Crippen molar-refractivity contribution < 1.29 is 4.74 Å². The Labute approximate surface area is 168 Å². The largest absolute Gasteiger partial charge is 0.385 e. The second-order valence-corrected chi connectivity index (χ2v) is 6.65. The third kappa shape index (κ3) is 8.10. The molecular weight excluding hydrogens is 352 g/mol. The Balaban J connectivity index is 1.71. The number of para-hydroxylation sites is 1. The number of aliphatic imine (C=N–C) groups is 1. The van der Waals surface area contributed by atoms with Gasteiger partial charge in [0, 0.05) is 51.8 Å². The van der Waals surface area contributed by atoms with E-state index in [4.69, 9.17) is 4.74 Å². The smallest absolute Gasteiger partial charge is 0.191 e. The first-order valence-corrected chi connectivity index (χ1v) is 10.0. The molecule has 0 amide bonds. The SMILES string of the molecule is CCNC(=NCCN(C)CCCOC)NCCNc1ccc2ccccc2n1. The predicted molar refractivity (Wildman–Crippen MR) is 118 cm³/mol. The fraction of sp³-hybridized carbons (Fsp3) is 0.524. The highest BCUT2D eigenvalue weighted by Crippen LogP contribution is 2.13. The number of ether oxygens (including phenoxy) is 1. The number of hydrogen-bond donors (Lipinski definition) is 3. The Morgan fingerprint density at radius 1 is 1.11 bits per heavy atom. The van der Waals surface area contributed by atoms with Crippen molar-refractivity contribution >= 4 is 22.7 Å². The van der Waals surface area contributed by atoms with Crippen LogP contribution in [-0.4, -0.2) is 75.9 Å². The summed E-state index contributed by atoms with van der Waals surface area (Å²) in [5.74, 6) is 1.74. The molecule has 0 aliphatic heterocycles. The lowest BCUT2D eigenvalue weighted by atomic mass is 10.2. The van der Waals surface area contributed by atoms with Crippen LogP contribution in [0.1, 0.15) is 13.3 Å². The third-order valence-corrected chi connectivity index (χ3v) is 4.31. The lowest BCUT2D eigenvalue weighted by Gasteiger charge is -2.16. The Morgan fingerprint density at radius 3 is 2.79 bits per heavy atom. The summed E-state index contributed by atoms with van der Waals surface area (Å²) in [7, 11) is 3.86. The summed E-state index contributed by atoms with van der Waals surface area (Å²) >= 11 is 0. The molecule has 0 aliphatic rings. The van der Waals surface area contributed by atoms with E-state index >= 15 is 0 Å². The number of anilines is 1. The van der Waals surface area contributed by atoms with Crippen molar-refractivity contribution in [1.82, 2.24) is 20.5 Å². The Hall–Kier alpha value is -2.38. The van der Waals surface area contributed by atoms with Crippen LogP contribution in [0.15, 0.2) is 41.4 Å². The van der Waals surface area contributed by atoms with Crippen molar-refractivity contribution in [1.29, 1.82) is 0 Å². The molecule has 7 nitrogen and oxygen atoms in total. The molecule has 28 heavy (non-hydrogen) atoms. The number of nitrogens with zero attached hydrogens (tertiary/aromatic N) is 3. The molecule has 0 aliphatic carbocycles. The zero-order chi connectivity index (χ0) is 20.0. The molecular formula is C21H34N6O. The minimum Gasteiger partial charge on any atom is -0.385 e. The van der Waals surface area contributed by atoms with Crippen molar-refractivity contribution in [2.75, 3.05) is 65.3 Å². The highest BCUT2D eigenvalue weighted by atomic mass is 16.5. The van der Waals surface area contributed by atoms with Crippen LogP contribution in [-0.2, 0) is 4.74 Å². The first-order valence-electron chi connectivity index (χ1n) is 10.0. The summed E-state index contributed by atoms with van der Waals surface area (Å²) in [5.41, 5.74) is 1.00. The van der Waals surface area contributed by atoms with Crippen LogP contribution >= 0.6 is 0 Å². The average Bonchev–Trinajstić information content (AvgIpc) is 2.71. The van der Waals surface area contributed by atoms with Gasteiger partial charge in [0.15, 0.2) is 5.96 Å². The first kappa shape index (κ1) is 21.9. The van der Waals surface area contributed by atoms with Crippen LogP contribution in [0.25, 0.3) is 10.9 Å². The van der Waals surface area contributed by atoms with Gasteiger partial charge in [0.25, 0.3) is 0 Å². The van der Waals surface area contributed by atoms with Gasteiger partial charge >= 0.3 is 0 Å². The number of nitrogens with one attached hydrogen (secondary N) is 3. The number of benzene rings is 1. The number of rotatable bonds is 12. The topological polar surface area (TPSA) is 73.8 Å². The molecule has 0 bridgehead atoms. The molecule has 7 heteroatoms. The summed E-state index contributed by atoms with van der Waals surface area (Å²) < 4.78 is 5.09. The van der Waals surface area contributed by atoms with Gasteiger partial charge in [-0.25, -0.2) is 4.98 Å². The van der Waals surface area contributed by atoms with E-state index in [9.17, 15) is 0 Å². The molecule has 1 aromatic heterocycles. The van der Waals surface area contributed by atoms with Gasteiger partial charge < -0.3 is 25.6 Å². The molecule has 0 saturated heterocycles. The lowest BCUT2D eigenvalue weighted by Crippen LogP contribution is -2.40. The van der Waals surface area contributed by atoms with Gasteiger partial charge in [-0.15, -0.1) is 0 Å². The number of fused-ring (bicyclic) bond motifs is 1. The molecule has 1 aromatic carbocycles. The molecule has 3 N–H and O–H groups in total. The molecule has 0 fully saturated rings. The van der Waals surface area contributed by atoms with E-state index in [1.807, 2.05) is 24.3 Å². The predicted octanol–water partition coefficient (Wildman–Crippen LogP) is 2.17. The first-order chi connectivity index (χ1) is 13.7. The number of methoxy groups -OCH3 is 1. The van der Waals surface area contributed by atoms with Crippen molar-refractivity contribution in [3.63, 3.8) is 0 Å². The van der Waals surface area contributed by atoms with Crippen molar-refractivity contribution in [2.24, 2.45) is 4.99 Å². The summed E-state index contributed by atoms with van der Waals surface area (Å²) in [5, 5.41) is 11.2. The van der Waals surface area contributed by atoms with E-state index in [2.05, 4.69) is 56.9 Å². The van der Waals surface area contributed by atoms with Gasteiger partial charge in [0.2, 0.25) is 0 Å². The van der Waals surface area contributed by atoms with E-state index in [-0.39, 0.29) is 0 Å². The Bertz CT molecular complexity index is 721. The molecule has 154 valence electrons. The van der Waals surface area contributed by atoms with Gasteiger partial charge in [0.1, 0.15) is 5.82 Å². The maximum absolute atomic E-state index is 5.09. The van der Waals surface area contributed by atoms with Crippen LogP contribution in [0.4, 0.5) is 5.82 Å². The van der Waals surface area contributed by atoms with Crippen molar-refractivity contribution in [2.45, 2.75) is 13.3 Å². The summed E-state index contributed by atoms with van der Waals surface area (Å²) in [6, 6.07) is 12.2. The summed E-state index contributed by atoms with van der Waals surface area (Å²) in [6.07, 6.45) is 1.05. The molecule has 2 rings (SSSR count). The lowest BCUT2D eigenvalue weighted by molar-refractivity contribution is 0.180. The fourth-order valence-electron chi connectivity index (χ4n) is 2.80. The maximum Gasteiger partial charge on any atom is 0.191 e. The second kappa shape index (κ2) is 12.9. The van der Waals surface area contributed by atoms with Crippen LogP contribution in [0.5, 0.6) is 0 Å². The van der Waals surface area contributed by atoms with Crippen molar-refractivity contribution in [3.05, 3.63) is 36.4 Å². The van der Waals surface area contributed by atoms with Gasteiger partial charge in [-0.3, -0.25) is 4.99 Å². The number of hydrogen-bond acceptors (Lipinski definition) is 5. The standard InChI is InChI=1S/C21H34N6O/c1-4-22-21(25-14-16-27(2)15-7-17-28-3)24-13-12-23-20-11-10-18-8-5-6-9-19(18)26-20/h5-6,8-11H,4,7,12-17H2,1-3H3,(H,23,26)(H2,22,24,25). The van der Waals surface area contributed by atoms with Gasteiger partial charge in [-0.1, -0.05) is 18.2 Å². The molecule has 2 aromatic rings. The highest BCUT2D eigenvalue weighted by molar-refractivity contribution is 5.80. The monoisotopic (exact) mass is 386 g/mol. The zero-order valence-corrected chi connectivity index (χ0v) is 17.4. The Kier molecular flexibility index (Phi) is 10.1.